The number of benzene rings is 3. The first-order valence-electron chi connectivity index (χ1n) is 16.7. The topological polar surface area (TPSA) is 100 Å². The van der Waals surface area contributed by atoms with Crippen molar-refractivity contribution in [2.45, 2.75) is 53.5 Å². The van der Waals surface area contributed by atoms with Crippen molar-refractivity contribution >= 4 is 62.5 Å². The molecule has 50 heavy (non-hydrogen) atoms. The van der Waals surface area contributed by atoms with E-state index in [0.29, 0.717) is 47.7 Å². The maximum Gasteiger partial charge on any atom is 0.275 e. The predicted octanol–water partition coefficient (Wildman–Crippen LogP) is 8.41. The van der Waals surface area contributed by atoms with Crippen LogP contribution < -0.4 is 15.4 Å². The van der Waals surface area contributed by atoms with E-state index in [1.54, 1.807) is 6.20 Å². The summed E-state index contributed by atoms with van der Waals surface area (Å²) in [4.78, 5) is 29.2. The van der Waals surface area contributed by atoms with Gasteiger partial charge in [-0.3, -0.25) is 14.3 Å². The molecule has 0 spiro atoms. The number of carbonyl (C=O) groups is 2. The molecule has 2 amide bonds. The number of halogens is 2. The molecule has 0 saturated carbocycles. The zero-order valence-corrected chi connectivity index (χ0v) is 30.8. The summed E-state index contributed by atoms with van der Waals surface area (Å²) in [6.45, 7) is 11.0. The number of fused-ring (bicyclic) bond motifs is 4. The van der Waals surface area contributed by atoms with Crippen LogP contribution in [0.5, 0.6) is 5.75 Å². The van der Waals surface area contributed by atoms with Gasteiger partial charge in [0.25, 0.3) is 11.8 Å². The van der Waals surface area contributed by atoms with E-state index in [0.717, 1.165) is 72.1 Å². The Balaban J connectivity index is 1.38. The van der Waals surface area contributed by atoms with Gasteiger partial charge < -0.3 is 24.5 Å². The average molecular weight is 712 g/mol. The van der Waals surface area contributed by atoms with Crippen LogP contribution in [0.1, 0.15) is 68.3 Å². The van der Waals surface area contributed by atoms with Crippen molar-refractivity contribution in [3.8, 4) is 16.9 Å². The molecule has 3 aromatic heterocycles. The number of nitrogens with two attached hydrogens (primary N) is 1. The van der Waals surface area contributed by atoms with Gasteiger partial charge in [-0.1, -0.05) is 41.4 Å². The number of hydrogen-bond donors (Lipinski definition) is 1. The fourth-order valence-electron chi connectivity index (χ4n) is 7.80. The quantitative estimate of drug-likeness (QED) is 0.160. The lowest BCUT2D eigenvalue weighted by atomic mass is 9.98. The number of carbonyl (C=O) groups excluding carboxylic acids is 2. The molecule has 0 bridgehead atoms. The van der Waals surface area contributed by atoms with Gasteiger partial charge in [-0.15, -0.1) is 0 Å². The van der Waals surface area contributed by atoms with Crippen LogP contribution in [0.3, 0.4) is 0 Å². The molecule has 6 aromatic rings. The fraction of sp³-hybridized carbons (Fsp3) is 0.308. The summed E-state index contributed by atoms with van der Waals surface area (Å²) in [6, 6.07) is 13.4. The Labute approximate surface area is 301 Å². The lowest BCUT2D eigenvalue weighted by Gasteiger charge is -2.35. The number of rotatable bonds is 8. The van der Waals surface area contributed by atoms with Crippen LogP contribution in [0.15, 0.2) is 48.7 Å². The number of aromatic nitrogens is 4. The van der Waals surface area contributed by atoms with E-state index < -0.39 is 5.91 Å². The summed E-state index contributed by atoms with van der Waals surface area (Å²) in [6.07, 6.45) is 3.00. The minimum Gasteiger partial charge on any atom is -0.494 e. The van der Waals surface area contributed by atoms with Gasteiger partial charge in [-0.05, 0) is 88.4 Å². The Morgan fingerprint density at radius 2 is 1.72 bits per heavy atom. The first-order chi connectivity index (χ1) is 23.8. The smallest absolute Gasteiger partial charge is 0.275 e. The second-order valence-corrected chi connectivity index (χ2v) is 14.2. The Morgan fingerprint density at radius 1 is 1.00 bits per heavy atom. The zero-order chi connectivity index (χ0) is 35.8. The number of ether oxygens (including phenoxy) is 1. The highest BCUT2D eigenvalue weighted by Gasteiger charge is 2.37. The monoisotopic (exact) mass is 710 g/mol. The van der Waals surface area contributed by atoms with E-state index in [9.17, 15) is 9.59 Å². The molecule has 0 saturated heterocycles. The Kier molecular flexibility index (Phi) is 8.47. The van der Waals surface area contributed by atoms with E-state index >= 15 is 0 Å². The largest absolute Gasteiger partial charge is 0.494 e. The molecule has 258 valence electrons. The predicted molar refractivity (Wildman–Crippen MR) is 201 cm³/mol. The first-order valence-corrected chi connectivity index (χ1v) is 17.5. The van der Waals surface area contributed by atoms with Crippen molar-refractivity contribution in [2.24, 2.45) is 19.8 Å². The summed E-state index contributed by atoms with van der Waals surface area (Å²) in [5.41, 5.74) is 15.8. The van der Waals surface area contributed by atoms with Crippen LogP contribution in [0.2, 0.25) is 10.0 Å². The lowest BCUT2D eigenvalue weighted by Crippen LogP contribution is -2.43. The number of hydrogen-bond acceptors (Lipinski definition) is 4. The molecule has 1 aliphatic heterocycles. The molecule has 0 radical (unpaired) electrons. The van der Waals surface area contributed by atoms with Crippen LogP contribution in [0.4, 0.5) is 5.69 Å². The van der Waals surface area contributed by atoms with Crippen molar-refractivity contribution in [1.82, 2.24) is 18.9 Å². The third-order valence-corrected chi connectivity index (χ3v) is 11.0. The fourth-order valence-corrected chi connectivity index (χ4v) is 8.15. The van der Waals surface area contributed by atoms with Gasteiger partial charge in [-0.2, -0.15) is 5.10 Å². The molecule has 3 aromatic carbocycles. The molecular weight excluding hydrogens is 671 g/mol. The summed E-state index contributed by atoms with van der Waals surface area (Å²) >= 11 is 13.5. The van der Waals surface area contributed by atoms with E-state index in [-0.39, 0.29) is 11.9 Å². The summed E-state index contributed by atoms with van der Waals surface area (Å²) in [5.74, 6) is 0.145. The average Bonchev–Trinajstić information content (AvgIpc) is 3.68. The van der Waals surface area contributed by atoms with Crippen molar-refractivity contribution in [3.63, 3.8) is 0 Å². The molecule has 0 unspecified atom stereocenters. The van der Waals surface area contributed by atoms with Crippen LogP contribution in [0.25, 0.3) is 32.9 Å². The van der Waals surface area contributed by atoms with Gasteiger partial charge in [0.15, 0.2) is 0 Å². The number of para-hydroxylation sites is 1. The Morgan fingerprint density at radius 3 is 2.38 bits per heavy atom. The normalized spacial score (nSPS) is 14.6. The van der Waals surface area contributed by atoms with Crippen LogP contribution in [-0.4, -0.2) is 43.9 Å². The van der Waals surface area contributed by atoms with E-state index in [1.807, 2.05) is 98.4 Å². The molecule has 1 atom stereocenters. The van der Waals surface area contributed by atoms with Crippen molar-refractivity contribution in [2.75, 3.05) is 18.1 Å². The van der Waals surface area contributed by atoms with Gasteiger partial charge >= 0.3 is 0 Å². The highest BCUT2D eigenvalue weighted by Crippen LogP contribution is 2.45. The molecule has 0 fully saturated rings. The summed E-state index contributed by atoms with van der Waals surface area (Å²) in [5, 5.41) is 7.76. The summed E-state index contributed by atoms with van der Waals surface area (Å²) in [7, 11) is 3.80. The molecule has 11 heteroatoms. The molecule has 2 N–H and O–H groups in total. The van der Waals surface area contributed by atoms with E-state index in [4.69, 9.17) is 38.8 Å². The Hall–Kier alpha value is -4.73. The third kappa shape index (κ3) is 5.26. The maximum atomic E-state index is 15.0. The standard InChI is InChI=1S/C39H40Cl2N6O3/c1-20-16-25(17-21(2)34(20)41)50-15-9-11-26-28-13-14-30(40)33(32-23(4)43-45(7)24(32)5)36(28)47-22(3)18-46(39(49)37(26)47)31-12-8-10-27-29(38(42)48)19-44(6)35(27)31/h8,10,12-14,16-17,19,22H,9,11,15,18H2,1-7H3,(H2,42,48)/t22-/m1/s1. The highest BCUT2D eigenvalue weighted by molar-refractivity contribution is 6.35. The number of primary amides is 1. The molecule has 0 aliphatic carbocycles. The number of nitrogens with zero attached hydrogens (tertiary/aromatic N) is 5. The van der Waals surface area contributed by atoms with Gasteiger partial charge in [0, 0.05) is 65.5 Å². The van der Waals surface area contributed by atoms with Crippen LogP contribution >= 0.6 is 23.2 Å². The summed E-state index contributed by atoms with van der Waals surface area (Å²) < 4.78 is 12.1. The first kappa shape index (κ1) is 33.8. The molecule has 9 nitrogen and oxygen atoms in total. The van der Waals surface area contributed by atoms with Gasteiger partial charge in [0.05, 0.1) is 39.6 Å². The second kappa shape index (κ2) is 12.5. The molecular formula is C39H40Cl2N6O3. The van der Waals surface area contributed by atoms with Gasteiger partial charge in [0.2, 0.25) is 0 Å². The van der Waals surface area contributed by atoms with Crippen molar-refractivity contribution in [1.29, 1.82) is 0 Å². The van der Waals surface area contributed by atoms with Crippen LogP contribution in [-0.2, 0) is 20.5 Å². The van der Waals surface area contributed by atoms with Crippen molar-refractivity contribution in [3.05, 3.63) is 98.0 Å². The third-order valence-electron chi connectivity index (χ3n) is 10.1. The lowest BCUT2D eigenvalue weighted by molar-refractivity contribution is 0.0956. The minimum absolute atomic E-state index is 0.115. The van der Waals surface area contributed by atoms with Crippen molar-refractivity contribution < 1.29 is 14.3 Å². The number of anilines is 1. The molecule has 1 aliphatic rings. The SMILES string of the molecule is Cc1cc(OCCCc2c3n(c4c(-c5c(C)nn(C)c5C)c(Cl)ccc24)[C@H](C)CN(c2cccc4c(C(N)=O)cn(C)c24)C3=O)cc(C)c1Cl. The number of aryl methyl sites for hydroxylation is 6. The zero-order valence-electron chi connectivity index (χ0n) is 29.3. The second-order valence-electron chi connectivity index (χ2n) is 13.5. The van der Waals surface area contributed by atoms with Gasteiger partial charge in [-0.25, -0.2) is 0 Å². The molecule has 4 heterocycles. The highest BCUT2D eigenvalue weighted by atomic mass is 35.5. The molecule has 7 rings (SSSR count). The van der Waals surface area contributed by atoms with E-state index in [2.05, 4.69) is 11.5 Å². The minimum atomic E-state index is -0.509. The maximum absolute atomic E-state index is 15.0. The van der Waals surface area contributed by atoms with E-state index in [1.165, 1.54) is 0 Å². The van der Waals surface area contributed by atoms with Crippen LogP contribution in [0, 0.1) is 27.7 Å². The number of amides is 2. The van der Waals surface area contributed by atoms with Gasteiger partial charge in [0.1, 0.15) is 11.4 Å². The Bertz CT molecular complexity index is 2360.